The van der Waals surface area contributed by atoms with Gasteiger partial charge in [-0.15, -0.1) is 0 Å². The number of benzene rings is 1. The molecule has 172 valence electrons. The summed E-state index contributed by atoms with van der Waals surface area (Å²) in [6, 6.07) is 6.99. The van der Waals surface area contributed by atoms with E-state index in [1.807, 2.05) is 0 Å². The van der Waals surface area contributed by atoms with E-state index in [1.54, 1.807) is 54.9 Å². The summed E-state index contributed by atoms with van der Waals surface area (Å²) in [6.07, 6.45) is 7.13. The maximum absolute atomic E-state index is 13.1. The third kappa shape index (κ3) is 5.71. The van der Waals surface area contributed by atoms with Crippen molar-refractivity contribution in [1.82, 2.24) is 30.3 Å². The summed E-state index contributed by atoms with van der Waals surface area (Å²) < 4.78 is 10.7. The van der Waals surface area contributed by atoms with E-state index in [2.05, 4.69) is 25.4 Å². The molecule has 0 aliphatic carbocycles. The Hall–Kier alpha value is -3.82. The van der Waals surface area contributed by atoms with Crippen LogP contribution in [0.5, 0.6) is 5.75 Å². The van der Waals surface area contributed by atoms with Gasteiger partial charge in [0.15, 0.2) is 0 Å². The van der Waals surface area contributed by atoms with Crippen molar-refractivity contribution in [3.05, 3.63) is 54.3 Å². The van der Waals surface area contributed by atoms with Crippen LogP contribution < -0.4 is 10.1 Å². The third-order valence-corrected chi connectivity index (χ3v) is 5.61. The normalized spacial score (nSPS) is 17.7. The van der Waals surface area contributed by atoms with Gasteiger partial charge >= 0.3 is 0 Å². The van der Waals surface area contributed by atoms with Crippen LogP contribution >= 0.6 is 0 Å². The van der Waals surface area contributed by atoms with Crippen molar-refractivity contribution in [3.63, 3.8) is 0 Å². The molecule has 0 saturated carbocycles. The second kappa shape index (κ2) is 10.7. The van der Waals surface area contributed by atoms with Gasteiger partial charge in [0.2, 0.25) is 17.6 Å². The molecule has 33 heavy (non-hydrogen) atoms. The van der Waals surface area contributed by atoms with Gasteiger partial charge < -0.3 is 19.5 Å². The minimum absolute atomic E-state index is 0.0424. The number of hydrogen-bond acceptors (Lipinski definition) is 8. The van der Waals surface area contributed by atoms with Crippen molar-refractivity contribution >= 4 is 11.8 Å². The summed E-state index contributed by atoms with van der Waals surface area (Å²) in [4.78, 5) is 39.8. The van der Waals surface area contributed by atoms with E-state index in [4.69, 9.17) is 9.26 Å². The average molecular weight is 450 g/mol. The molecule has 2 amide bonds. The van der Waals surface area contributed by atoms with Crippen LogP contribution in [-0.4, -0.2) is 63.6 Å². The van der Waals surface area contributed by atoms with Crippen LogP contribution in [0.15, 0.2) is 47.4 Å². The highest BCUT2D eigenvalue weighted by Gasteiger charge is 2.23. The van der Waals surface area contributed by atoms with Crippen LogP contribution in [0.3, 0.4) is 0 Å². The van der Waals surface area contributed by atoms with Crippen molar-refractivity contribution in [3.8, 4) is 17.3 Å². The van der Waals surface area contributed by atoms with Gasteiger partial charge in [-0.2, -0.15) is 4.98 Å². The van der Waals surface area contributed by atoms with E-state index in [-0.39, 0.29) is 24.2 Å². The summed E-state index contributed by atoms with van der Waals surface area (Å²) in [5.41, 5.74) is 1.10. The first-order chi connectivity index (χ1) is 16.1. The molecule has 1 N–H and O–H groups in total. The lowest BCUT2D eigenvalue weighted by Gasteiger charge is -2.23. The van der Waals surface area contributed by atoms with Gasteiger partial charge in [0.25, 0.3) is 5.91 Å². The number of nitrogens with zero attached hydrogens (tertiary/aromatic N) is 5. The van der Waals surface area contributed by atoms with Gasteiger partial charge in [-0.05, 0) is 43.5 Å². The van der Waals surface area contributed by atoms with Gasteiger partial charge in [-0.25, -0.2) is 4.98 Å². The molecule has 1 unspecified atom stereocenters. The number of rotatable bonds is 4. The lowest BCUT2D eigenvalue weighted by atomic mass is 9.99. The molecule has 1 atom stereocenters. The van der Waals surface area contributed by atoms with E-state index in [0.29, 0.717) is 54.8 Å². The molecule has 1 aromatic carbocycles. The molecule has 2 aromatic heterocycles. The molecule has 1 aliphatic heterocycles. The highest BCUT2D eigenvalue weighted by Crippen LogP contribution is 2.26. The van der Waals surface area contributed by atoms with Crippen LogP contribution in [0, 0.1) is 0 Å². The Morgan fingerprint density at radius 3 is 2.79 bits per heavy atom. The zero-order valence-electron chi connectivity index (χ0n) is 18.4. The zero-order valence-corrected chi connectivity index (χ0v) is 18.4. The fourth-order valence-electron chi connectivity index (χ4n) is 3.78. The number of hydrogen-bond donors (Lipinski definition) is 1. The molecular weight excluding hydrogens is 424 g/mol. The molecule has 0 spiro atoms. The van der Waals surface area contributed by atoms with Gasteiger partial charge in [0.05, 0.1) is 13.3 Å². The molecular formula is C23H26N6O4. The van der Waals surface area contributed by atoms with Gasteiger partial charge in [-0.1, -0.05) is 5.16 Å². The van der Waals surface area contributed by atoms with Crippen LogP contribution in [0.25, 0.3) is 11.5 Å². The number of methoxy groups -OCH3 is 1. The molecule has 3 aromatic rings. The molecule has 0 bridgehead atoms. The summed E-state index contributed by atoms with van der Waals surface area (Å²) in [6.45, 7) is 1.39. The van der Waals surface area contributed by atoms with E-state index in [1.165, 1.54) is 0 Å². The molecule has 10 nitrogen and oxygen atoms in total. The second-order valence-corrected chi connectivity index (χ2v) is 7.80. The van der Waals surface area contributed by atoms with Crippen molar-refractivity contribution < 1.29 is 18.8 Å². The van der Waals surface area contributed by atoms with Crippen LogP contribution in [0.4, 0.5) is 0 Å². The first-order valence-electron chi connectivity index (χ1n) is 10.9. The van der Waals surface area contributed by atoms with Gasteiger partial charge in [0, 0.05) is 49.9 Å². The molecule has 1 saturated heterocycles. The monoisotopic (exact) mass is 450 g/mol. The van der Waals surface area contributed by atoms with E-state index >= 15 is 0 Å². The Morgan fingerprint density at radius 2 is 2.03 bits per heavy atom. The quantitative estimate of drug-likeness (QED) is 0.643. The van der Waals surface area contributed by atoms with E-state index < -0.39 is 0 Å². The lowest BCUT2D eigenvalue weighted by molar-refractivity contribution is -0.121. The highest BCUT2D eigenvalue weighted by atomic mass is 16.5. The van der Waals surface area contributed by atoms with Crippen LogP contribution in [-0.2, 0) is 4.79 Å². The topological polar surface area (TPSA) is 123 Å². The van der Waals surface area contributed by atoms with Crippen molar-refractivity contribution in [2.45, 2.75) is 31.6 Å². The van der Waals surface area contributed by atoms with Gasteiger partial charge in [0.1, 0.15) is 11.4 Å². The van der Waals surface area contributed by atoms with Crippen molar-refractivity contribution in [1.29, 1.82) is 0 Å². The maximum Gasteiger partial charge on any atom is 0.253 e. The number of nitrogens with one attached hydrogen (secondary N) is 1. The summed E-state index contributed by atoms with van der Waals surface area (Å²) >= 11 is 0. The van der Waals surface area contributed by atoms with Crippen LogP contribution in [0.2, 0.25) is 0 Å². The predicted molar refractivity (Wildman–Crippen MR) is 118 cm³/mol. The first-order valence-corrected chi connectivity index (χ1v) is 10.9. The van der Waals surface area contributed by atoms with E-state index in [0.717, 1.165) is 12.8 Å². The summed E-state index contributed by atoms with van der Waals surface area (Å²) in [5.74, 6) is 1.33. The largest absolute Gasteiger partial charge is 0.497 e. The Morgan fingerprint density at radius 1 is 1.18 bits per heavy atom. The molecule has 1 fully saturated rings. The van der Waals surface area contributed by atoms with Crippen LogP contribution in [0.1, 0.15) is 47.8 Å². The Kier molecular flexibility index (Phi) is 7.23. The number of amides is 2. The Bertz CT molecular complexity index is 1070. The SMILES string of the molecule is COc1ccc(C(=O)N2CCCC(c3nc(-c4cnccn4)no3)CCNC(=O)CC2)cc1. The average Bonchev–Trinajstić information content (AvgIpc) is 3.34. The van der Waals surface area contributed by atoms with Gasteiger partial charge in [-0.3, -0.25) is 14.6 Å². The molecule has 0 radical (unpaired) electrons. The molecule has 1 aliphatic rings. The smallest absolute Gasteiger partial charge is 0.253 e. The first kappa shape index (κ1) is 22.4. The molecule has 10 heteroatoms. The number of carbonyl (C=O) groups excluding carboxylic acids is 2. The zero-order chi connectivity index (χ0) is 23.0. The molecule has 3 heterocycles. The fraction of sp³-hybridized carbons (Fsp3) is 0.391. The predicted octanol–water partition coefficient (Wildman–Crippen LogP) is 2.45. The lowest BCUT2D eigenvalue weighted by Crippen LogP contribution is -2.35. The number of carbonyl (C=O) groups is 2. The van der Waals surface area contributed by atoms with Crippen molar-refractivity contribution in [2.75, 3.05) is 26.7 Å². The number of ether oxygens (including phenoxy) is 1. The van der Waals surface area contributed by atoms with Crippen molar-refractivity contribution in [2.24, 2.45) is 0 Å². The Labute approximate surface area is 191 Å². The Balaban J connectivity index is 1.46. The third-order valence-electron chi connectivity index (χ3n) is 5.61. The number of aromatic nitrogens is 4. The van der Waals surface area contributed by atoms with E-state index in [9.17, 15) is 9.59 Å². The highest BCUT2D eigenvalue weighted by molar-refractivity contribution is 5.94. The second-order valence-electron chi connectivity index (χ2n) is 7.80. The molecule has 4 rings (SSSR count). The summed E-state index contributed by atoms with van der Waals surface area (Å²) in [5, 5.41) is 6.96. The standard InChI is InChI=1S/C23H26N6O4/c1-32-18-6-4-17(5-7-18)23(31)29-13-2-3-16(8-10-26-20(30)9-14-29)22-27-21(28-33-22)19-15-24-11-12-25-19/h4-7,11-12,15-16H,2-3,8-10,13-14H2,1H3,(H,26,30). The summed E-state index contributed by atoms with van der Waals surface area (Å²) in [7, 11) is 1.58. The fourth-order valence-corrected chi connectivity index (χ4v) is 3.78. The minimum Gasteiger partial charge on any atom is -0.497 e. The maximum atomic E-state index is 13.1. The minimum atomic E-state index is -0.107.